The van der Waals surface area contributed by atoms with E-state index in [0.29, 0.717) is 4.88 Å². The van der Waals surface area contributed by atoms with E-state index in [0.717, 1.165) is 19.8 Å². The number of aromatic nitrogens is 1. The fourth-order valence-electron chi connectivity index (χ4n) is 1.28. The molecule has 0 aromatic carbocycles. The van der Waals surface area contributed by atoms with Gasteiger partial charge in [-0.05, 0) is 63.0 Å². The second-order valence-electron chi connectivity index (χ2n) is 3.32. The quantitative estimate of drug-likeness (QED) is 0.798. The monoisotopic (exact) mass is 374 g/mol. The Balaban J connectivity index is 2.18. The zero-order chi connectivity index (χ0) is 12.4. The van der Waals surface area contributed by atoms with E-state index in [-0.39, 0.29) is 5.91 Å². The first-order valence-corrected chi connectivity index (χ1v) is 7.16. The average Bonchev–Trinajstić information content (AvgIpc) is 2.69. The van der Waals surface area contributed by atoms with Gasteiger partial charge in [-0.2, -0.15) is 0 Å². The number of aryl methyl sites for hydroxylation is 1. The molecule has 0 bridgehead atoms. The number of carbonyl (C=O) groups is 1. The molecule has 0 aliphatic rings. The number of amides is 1. The average molecular weight is 376 g/mol. The lowest BCUT2D eigenvalue weighted by Gasteiger charge is -2.06. The van der Waals surface area contributed by atoms with Crippen LogP contribution in [-0.2, 0) is 0 Å². The summed E-state index contributed by atoms with van der Waals surface area (Å²) in [7, 11) is 0. The molecule has 2 aromatic heterocycles. The summed E-state index contributed by atoms with van der Waals surface area (Å²) in [6, 6.07) is 7.26. The second kappa shape index (κ2) is 5.29. The molecule has 0 aliphatic heterocycles. The van der Waals surface area contributed by atoms with Crippen molar-refractivity contribution >= 4 is 54.8 Å². The Hall–Kier alpha value is -0.720. The van der Waals surface area contributed by atoms with E-state index in [1.54, 1.807) is 12.1 Å². The fourth-order valence-corrected chi connectivity index (χ4v) is 2.96. The number of nitrogens with one attached hydrogen (secondary N) is 1. The maximum atomic E-state index is 11.9. The van der Waals surface area contributed by atoms with Gasteiger partial charge in [0.15, 0.2) is 0 Å². The predicted octanol–water partition coefficient (Wildman–Crippen LogP) is 4.23. The number of hydrogen-bond donors (Lipinski definition) is 1. The second-order valence-corrected chi connectivity index (χ2v) is 6.60. The van der Waals surface area contributed by atoms with Gasteiger partial charge >= 0.3 is 0 Å². The van der Waals surface area contributed by atoms with Crippen molar-refractivity contribution in [1.29, 1.82) is 0 Å². The van der Waals surface area contributed by atoms with E-state index in [4.69, 9.17) is 0 Å². The van der Waals surface area contributed by atoms with Crippen LogP contribution in [0.25, 0.3) is 0 Å². The number of thiophene rings is 1. The molecule has 6 heteroatoms. The number of nitrogens with zero attached hydrogens (tertiary/aromatic N) is 1. The molecule has 0 saturated carbocycles. The molecule has 0 aliphatic carbocycles. The van der Waals surface area contributed by atoms with Crippen LogP contribution in [0.5, 0.6) is 0 Å². The maximum Gasteiger partial charge on any atom is 0.265 e. The first-order chi connectivity index (χ1) is 8.06. The number of rotatable bonds is 2. The van der Waals surface area contributed by atoms with E-state index >= 15 is 0 Å². The van der Waals surface area contributed by atoms with Gasteiger partial charge in [0.05, 0.1) is 20.0 Å². The molecule has 17 heavy (non-hydrogen) atoms. The van der Waals surface area contributed by atoms with Crippen molar-refractivity contribution in [2.24, 2.45) is 0 Å². The third-order valence-electron chi connectivity index (χ3n) is 2.10. The molecular formula is C11H8Br2N2OS. The van der Waals surface area contributed by atoms with Crippen LogP contribution in [0.1, 0.15) is 15.4 Å². The van der Waals surface area contributed by atoms with E-state index < -0.39 is 0 Å². The van der Waals surface area contributed by atoms with E-state index in [9.17, 15) is 4.79 Å². The van der Waals surface area contributed by atoms with Crippen molar-refractivity contribution in [1.82, 2.24) is 4.98 Å². The molecule has 0 saturated heterocycles. The smallest absolute Gasteiger partial charge is 0.265 e. The molecule has 2 rings (SSSR count). The molecule has 0 fully saturated rings. The molecule has 0 radical (unpaired) electrons. The fraction of sp³-hybridized carbons (Fsp3) is 0.0909. The van der Waals surface area contributed by atoms with Crippen LogP contribution < -0.4 is 5.32 Å². The Morgan fingerprint density at radius 2 is 2.06 bits per heavy atom. The van der Waals surface area contributed by atoms with Gasteiger partial charge in [0.1, 0.15) is 4.60 Å². The number of anilines is 1. The number of hydrogen-bond acceptors (Lipinski definition) is 3. The molecule has 0 spiro atoms. The molecular weight excluding hydrogens is 368 g/mol. The van der Waals surface area contributed by atoms with Gasteiger partial charge < -0.3 is 5.32 Å². The Morgan fingerprint density at radius 1 is 1.29 bits per heavy atom. The first kappa shape index (κ1) is 12.7. The highest BCUT2D eigenvalue weighted by Crippen LogP contribution is 2.23. The van der Waals surface area contributed by atoms with Gasteiger partial charge in [0.25, 0.3) is 5.91 Å². The van der Waals surface area contributed by atoms with Crippen LogP contribution in [0.3, 0.4) is 0 Å². The summed E-state index contributed by atoms with van der Waals surface area (Å²) < 4.78 is 1.69. The number of pyridine rings is 1. The minimum atomic E-state index is -0.118. The van der Waals surface area contributed by atoms with Crippen molar-refractivity contribution < 1.29 is 4.79 Å². The largest absolute Gasteiger partial charge is 0.320 e. The maximum absolute atomic E-state index is 11.9. The Kier molecular flexibility index (Phi) is 3.96. The first-order valence-electron chi connectivity index (χ1n) is 4.76. The van der Waals surface area contributed by atoms with Crippen LogP contribution in [-0.4, -0.2) is 10.9 Å². The van der Waals surface area contributed by atoms with Gasteiger partial charge in [-0.3, -0.25) is 4.79 Å². The van der Waals surface area contributed by atoms with Gasteiger partial charge in [-0.15, -0.1) is 11.3 Å². The van der Waals surface area contributed by atoms with Crippen molar-refractivity contribution in [3.8, 4) is 0 Å². The predicted molar refractivity (Wildman–Crippen MR) is 76.6 cm³/mol. The topological polar surface area (TPSA) is 42.0 Å². The Bertz CT molecular complexity index is 568. The molecule has 0 unspecified atom stereocenters. The summed E-state index contributed by atoms with van der Waals surface area (Å²) in [6.45, 7) is 1.85. The summed E-state index contributed by atoms with van der Waals surface area (Å²) in [6.07, 6.45) is 0. The Labute approximate surface area is 120 Å². The summed E-state index contributed by atoms with van der Waals surface area (Å²) >= 11 is 8.01. The molecule has 88 valence electrons. The van der Waals surface area contributed by atoms with Gasteiger partial charge in [0, 0.05) is 0 Å². The standard InChI is InChI=1S/C11H8Br2N2OS/c1-6-7(2-4-9(12)14-6)15-11(16)8-3-5-10(13)17-8/h2-5H,1H3,(H,15,16). The highest BCUT2D eigenvalue weighted by atomic mass is 79.9. The summed E-state index contributed by atoms with van der Waals surface area (Å²) in [4.78, 5) is 16.8. The van der Waals surface area contributed by atoms with Gasteiger partial charge in [-0.1, -0.05) is 0 Å². The van der Waals surface area contributed by atoms with Crippen molar-refractivity contribution in [3.63, 3.8) is 0 Å². The molecule has 1 amide bonds. The van der Waals surface area contributed by atoms with Crippen LogP contribution in [0.4, 0.5) is 5.69 Å². The van der Waals surface area contributed by atoms with Crippen LogP contribution in [0.15, 0.2) is 32.7 Å². The third kappa shape index (κ3) is 3.14. The molecule has 2 heterocycles. The third-order valence-corrected chi connectivity index (χ3v) is 4.16. The van der Waals surface area contributed by atoms with Gasteiger partial charge in [0.2, 0.25) is 0 Å². The van der Waals surface area contributed by atoms with E-state index in [1.165, 1.54) is 11.3 Å². The van der Waals surface area contributed by atoms with Crippen LogP contribution in [0, 0.1) is 6.92 Å². The van der Waals surface area contributed by atoms with Crippen molar-refractivity contribution in [2.45, 2.75) is 6.92 Å². The molecule has 3 nitrogen and oxygen atoms in total. The minimum Gasteiger partial charge on any atom is -0.320 e. The highest BCUT2D eigenvalue weighted by Gasteiger charge is 2.10. The summed E-state index contributed by atoms with van der Waals surface area (Å²) in [5.74, 6) is -0.118. The lowest BCUT2D eigenvalue weighted by molar-refractivity contribution is 0.103. The highest BCUT2D eigenvalue weighted by molar-refractivity contribution is 9.11. The van der Waals surface area contributed by atoms with Crippen LogP contribution in [0.2, 0.25) is 0 Å². The normalized spacial score (nSPS) is 10.3. The van der Waals surface area contributed by atoms with Crippen molar-refractivity contribution in [2.75, 3.05) is 5.32 Å². The van der Waals surface area contributed by atoms with Gasteiger partial charge in [-0.25, -0.2) is 4.98 Å². The molecule has 2 aromatic rings. The summed E-state index contributed by atoms with van der Waals surface area (Å²) in [5, 5.41) is 2.83. The molecule has 1 N–H and O–H groups in total. The van der Waals surface area contributed by atoms with E-state index in [2.05, 4.69) is 42.2 Å². The lowest BCUT2D eigenvalue weighted by Crippen LogP contribution is -2.11. The Morgan fingerprint density at radius 3 is 2.65 bits per heavy atom. The minimum absolute atomic E-state index is 0.118. The summed E-state index contributed by atoms with van der Waals surface area (Å²) in [5.41, 5.74) is 1.51. The number of carbonyl (C=O) groups excluding carboxylic acids is 1. The van der Waals surface area contributed by atoms with Crippen molar-refractivity contribution in [3.05, 3.63) is 43.2 Å². The lowest BCUT2D eigenvalue weighted by atomic mass is 10.3. The van der Waals surface area contributed by atoms with Crippen LogP contribution >= 0.6 is 43.2 Å². The van der Waals surface area contributed by atoms with E-state index in [1.807, 2.05) is 19.1 Å². The zero-order valence-electron chi connectivity index (χ0n) is 8.83. The number of halogens is 2. The zero-order valence-corrected chi connectivity index (χ0v) is 12.8. The molecule has 0 atom stereocenters. The SMILES string of the molecule is Cc1nc(Br)ccc1NC(=O)c1ccc(Br)s1.